The number of anilines is 1. The van der Waals surface area contributed by atoms with E-state index in [1.165, 1.54) is 31.2 Å². The van der Waals surface area contributed by atoms with Gasteiger partial charge in [-0.25, -0.2) is 13.2 Å². The Balaban J connectivity index is 2.06. The molecule has 0 saturated heterocycles. The Kier molecular flexibility index (Phi) is 7.02. The van der Waals surface area contributed by atoms with Gasteiger partial charge in [-0.15, -0.1) is 0 Å². The van der Waals surface area contributed by atoms with Crippen molar-refractivity contribution in [2.24, 2.45) is 0 Å². The molecular formula is C21H26N2O5S. The maximum absolute atomic E-state index is 12.5. The SMILES string of the molecule is Cc1ccc(S(=O)(=O)Nc2ccc(C(=O)O[C@@H](C)C(=O)NC(C)C)cc2)cc1C. The first-order chi connectivity index (χ1) is 13.5. The van der Waals surface area contributed by atoms with Crippen LogP contribution < -0.4 is 10.0 Å². The van der Waals surface area contributed by atoms with Crippen LogP contribution >= 0.6 is 0 Å². The van der Waals surface area contributed by atoms with E-state index in [1.807, 2.05) is 27.7 Å². The van der Waals surface area contributed by atoms with Crippen molar-refractivity contribution in [1.82, 2.24) is 5.32 Å². The normalized spacial score (nSPS) is 12.3. The Bertz CT molecular complexity index is 998. The Morgan fingerprint density at radius 1 is 0.931 bits per heavy atom. The molecule has 0 aliphatic carbocycles. The van der Waals surface area contributed by atoms with Gasteiger partial charge in [-0.05, 0) is 82.1 Å². The number of ether oxygens (including phenoxy) is 1. The molecule has 0 fully saturated rings. The van der Waals surface area contributed by atoms with Gasteiger partial charge in [-0.3, -0.25) is 9.52 Å². The molecular weight excluding hydrogens is 392 g/mol. The zero-order chi connectivity index (χ0) is 21.8. The average Bonchev–Trinajstić information content (AvgIpc) is 2.63. The van der Waals surface area contributed by atoms with Gasteiger partial charge in [0.2, 0.25) is 0 Å². The highest BCUT2D eigenvalue weighted by atomic mass is 32.2. The van der Waals surface area contributed by atoms with E-state index in [9.17, 15) is 18.0 Å². The number of sulfonamides is 1. The van der Waals surface area contributed by atoms with E-state index < -0.39 is 22.1 Å². The van der Waals surface area contributed by atoms with Crippen LogP contribution in [0.3, 0.4) is 0 Å². The number of carbonyl (C=O) groups excluding carboxylic acids is 2. The molecule has 8 heteroatoms. The topological polar surface area (TPSA) is 102 Å². The zero-order valence-electron chi connectivity index (χ0n) is 17.1. The molecule has 2 aromatic carbocycles. The second-order valence-corrected chi connectivity index (χ2v) is 8.82. The van der Waals surface area contributed by atoms with Crippen molar-refractivity contribution in [2.75, 3.05) is 4.72 Å². The van der Waals surface area contributed by atoms with Gasteiger partial charge < -0.3 is 10.1 Å². The maximum atomic E-state index is 12.5. The van der Waals surface area contributed by atoms with Crippen LogP contribution in [-0.4, -0.2) is 32.4 Å². The summed E-state index contributed by atoms with van der Waals surface area (Å²) in [5.41, 5.74) is 2.40. The van der Waals surface area contributed by atoms with Gasteiger partial charge in [0.25, 0.3) is 15.9 Å². The van der Waals surface area contributed by atoms with E-state index >= 15 is 0 Å². The minimum absolute atomic E-state index is 0.0618. The maximum Gasteiger partial charge on any atom is 0.338 e. The molecule has 7 nitrogen and oxygen atoms in total. The first-order valence-corrected chi connectivity index (χ1v) is 10.7. The van der Waals surface area contributed by atoms with Crippen LogP contribution in [0.1, 0.15) is 42.3 Å². The molecule has 0 aliphatic heterocycles. The number of rotatable bonds is 7. The quantitative estimate of drug-likeness (QED) is 0.673. The largest absolute Gasteiger partial charge is 0.449 e. The van der Waals surface area contributed by atoms with E-state index in [0.717, 1.165) is 11.1 Å². The standard InChI is InChI=1S/C21H26N2O5S/c1-13(2)22-20(24)16(5)28-21(25)17-7-9-18(10-8-17)23-29(26,27)19-11-6-14(3)15(4)12-19/h6-13,16,23H,1-5H3,(H,22,24)/t16-/m0/s1. The fraction of sp³-hybridized carbons (Fsp3) is 0.333. The first kappa shape index (κ1) is 22.4. The van der Waals surface area contributed by atoms with Crippen molar-refractivity contribution >= 4 is 27.6 Å². The third-order valence-electron chi connectivity index (χ3n) is 4.25. The van der Waals surface area contributed by atoms with E-state index in [1.54, 1.807) is 18.2 Å². The van der Waals surface area contributed by atoms with Crippen molar-refractivity contribution in [1.29, 1.82) is 0 Å². The molecule has 0 radical (unpaired) electrons. The van der Waals surface area contributed by atoms with Gasteiger partial charge in [0, 0.05) is 11.7 Å². The zero-order valence-corrected chi connectivity index (χ0v) is 18.0. The number of hydrogen-bond acceptors (Lipinski definition) is 5. The van der Waals surface area contributed by atoms with Crippen LogP contribution in [0.4, 0.5) is 5.69 Å². The molecule has 0 unspecified atom stereocenters. The molecule has 0 bridgehead atoms. The molecule has 0 heterocycles. The summed E-state index contributed by atoms with van der Waals surface area (Å²) < 4.78 is 32.7. The summed E-state index contributed by atoms with van der Waals surface area (Å²) >= 11 is 0. The molecule has 29 heavy (non-hydrogen) atoms. The number of benzene rings is 2. The van der Waals surface area contributed by atoms with Gasteiger partial charge in [0.05, 0.1) is 10.5 Å². The Hall–Kier alpha value is -2.87. The molecule has 1 atom stereocenters. The van der Waals surface area contributed by atoms with E-state index in [0.29, 0.717) is 5.69 Å². The fourth-order valence-electron chi connectivity index (χ4n) is 2.45. The van der Waals surface area contributed by atoms with Crippen LogP contribution in [0.25, 0.3) is 0 Å². The molecule has 1 amide bonds. The summed E-state index contributed by atoms with van der Waals surface area (Å²) in [6.07, 6.45) is -0.937. The van der Waals surface area contributed by atoms with Crippen LogP contribution in [0, 0.1) is 13.8 Å². The monoisotopic (exact) mass is 418 g/mol. The molecule has 0 aromatic heterocycles. The van der Waals surface area contributed by atoms with Gasteiger partial charge in [0.15, 0.2) is 6.10 Å². The lowest BCUT2D eigenvalue weighted by Gasteiger charge is -2.15. The minimum atomic E-state index is -3.75. The van der Waals surface area contributed by atoms with Gasteiger partial charge in [-0.2, -0.15) is 0 Å². The Labute approximate surface area is 171 Å². The lowest BCUT2D eigenvalue weighted by atomic mass is 10.1. The number of esters is 1. The fourth-order valence-corrected chi connectivity index (χ4v) is 3.60. The van der Waals surface area contributed by atoms with Crippen molar-refractivity contribution in [3.05, 3.63) is 59.2 Å². The summed E-state index contributed by atoms with van der Waals surface area (Å²) in [7, 11) is -3.75. The minimum Gasteiger partial charge on any atom is -0.449 e. The second-order valence-electron chi connectivity index (χ2n) is 7.14. The summed E-state index contributed by atoms with van der Waals surface area (Å²) in [4.78, 5) is 24.2. The predicted octanol–water partition coefficient (Wildman–Crippen LogP) is 3.17. The highest BCUT2D eigenvalue weighted by Gasteiger charge is 2.20. The second kappa shape index (κ2) is 9.09. The number of hydrogen-bond donors (Lipinski definition) is 2. The summed E-state index contributed by atoms with van der Waals surface area (Å²) in [5.74, 6) is -1.05. The van der Waals surface area contributed by atoms with E-state index in [2.05, 4.69) is 10.0 Å². The molecule has 0 aliphatic rings. The number of nitrogens with one attached hydrogen (secondary N) is 2. The van der Waals surface area contributed by atoms with Gasteiger partial charge >= 0.3 is 5.97 Å². The Morgan fingerprint density at radius 3 is 2.10 bits per heavy atom. The summed E-state index contributed by atoms with van der Waals surface area (Å²) in [6, 6.07) is 10.6. The van der Waals surface area contributed by atoms with Crippen molar-refractivity contribution in [3.63, 3.8) is 0 Å². The van der Waals surface area contributed by atoms with Crippen molar-refractivity contribution < 1.29 is 22.7 Å². The Morgan fingerprint density at radius 2 is 1.55 bits per heavy atom. The third-order valence-corrected chi connectivity index (χ3v) is 5.62. The smallest absolute Gasteiger partial charge is 0.338 e. The van der Waals surface area contributed by atoms with E-state index in [-0.39, 0.29) is 22.4 Å². The highest BCUT2D eigenvalue weighted by molar-refractivity contribution is 7.92. The lowest BCUT2D eigenvalue weighted by Crippen LogP contribution is -2.39. The van der Waals surface area contributed by atoms with Crippen LogP contribution in [-0.2, 0) is 19.6 Å². The van der Waals surface area contributed by atoms with Gasteiger partial charge in [-0.1, -0.05) is 6.07 Å². The van der Waals surface area contributed by atoms with E-state index in [4.69, 9.17) is 4.74 Å². The number of carbonyl (C=O) groups is 2. The van der Waals surface area contributed by atoms with Crippen LogP contribution in [0.15, 0.2) is 47.4 Å². The molecule has 0 saturated carbocycles. The van der Waals surface area contributed by atoms with Crippen LogP contribution in [0.5, 0.6) is 0 Å². The van der Waals surface area contributed by atoms with Gasteiger partial charge in [0.1, 0.15) is 0 Å². The van der Waals surface area contributed by atoms with Crippen molar-refractivity contribution in [2.45, 2.75) is 51.7 Å². The third kappa shape index (κ3) is 6.05. The molecule has 2 aromatic rings. The first-order valence-electron chi connectivity index (χ1n) is 9.21. The van der Waals surface area contributed by atoms with Crippen LogP contribution in [0.2, 0.25) is 0 Å². The predicted molar refractivity (Wildman–Crippen MR) is 111 cm³/mol. The highest BCUT2D eigenvalue weighted by Crippen LogP contribution is 2.19. The summed E-state index contributed by atoms with van der Waals surface area (Å²) in [6.45, 7) is 8.86. The number of aryl methyl sites for hydroxylation is 2. The lowest BCUT2D eigenvalue weighted by molar-refractivity contribution is -0.129. The average molecular weight is 419 g/mol. The number of amides is 1. The molecule has 2 rings (SSSR count). The molecule has 0 spiro atoms. The molecule has 156 valence electrons. The van der Waals surface area contributed by atoms with Crippen molar-refractivity contribution in [3.8, 4) is 0 Å². The molecule has 2 N–H and O–H groups in total. The summed E-state index contributed by atoms with van der Waals surface area (Å²) in [5, 5.41) is 2.66.